The van der Waals surface area contributed by atoms with E-state index in [2.05, 4.69) is 10.2 Å². The lowest BCUT2D eigenvalue weighted by atomic mass is 10.2. The van der Waals surface area contributed by atoms with E-state index in [0.717, 1.165) is 5.82 Å². The van der Waals surface area contributed by atoms with Gasteiger partial charge in [0.05, 0.1) is 5.56 Å². The van der Waals surface area contributed by atoms with E-state index in [1.165, 1.54) is 12.1 Å². The second-order valence-electron chi connectivity index (χ2n) is 3.76. The molecular weight excluding hydrogens is 235 g/mol. The molecule has 1 aromatic carbocycles. The zero-order valence-corrected chi connectivity index (χ0v) is 10.0. The molecule has 0 amide bonds. The molecule has 0 saturated heterocycles. The molecule has 0 spiro atoms. The van der Waals surface area contributed by atoms with Gasteiger partial charge >= 0.3 is 0 Å². The fourth-order valence-electron chi connectivity index (χ4n) is 1.40. The van der Waals surface area contributed by atoms with E-state index in [1.54, 1.807) is 16.7 Å². The summed E-state index contributed by atoms with van der Waals surface area (Å²) in [6.07, 6.45) is 0. The molecule has 5 nitrogen and oxygen atoms in total. The van der Waals surface area contributed by atoms with Crippen molar-refractivity contribution >= 4 is 0 Å². The summed E-state index contributed by atoms with van der Waals surface area (Å²) in [5.74, 6) is 1.19. The zero-order valence-electron chi connectivity index (χ0n) is 10.0. The van der Waals surface area contributed by atoms with Crippen molar-refractivity contribution < 1.29 is 9.13 Å². The molecule has 0 saturated carbocycles. The summed E-state index contributed by atoms with van der Waals surface area (Å²) in [6.45, 7) is 2.03. The van der Waals surface area contributed by atoms with Crippen LogP contribution in [0.25, 0.3) is 0 Å². The van der Waals surface area contributed by atoms with Crippen LogP contribution in [0.1, 0.15) is 17.2 Å². The number of ether oxygens (including phenoxy) is 1. The molecular formula is C12H11FN4O. The first-order valence-corrected chi connectivity index (χ1v) is 5.29. The topological polar surface area (TPSA) is 63.7 Å². The Hall–Kier alpha value is -2.42. The Balaban J connectivity index is 2.09. The van der Waals surface area contributed by atoms with Gasteiger partial charge in [-0.2, -0.15) is 5.26 Å². The van der Waals surface area contributed by atoms with Gasteiger partial charge in [-0.1, -0.05) is 0 Å². The third-order valence-electron chi connectivity index (χ3n) is 2.61. The van der Waals surface area contributed by atoms with Crippen LogP contribution in [-0.2, 0) is 13.7 Å². The van der Waals surface area contributed by atoms with Gasteiger partial charge in [0.1, 0.15) is 30.1 Å². The molecule has 0 aliphatic heterocycles. The van der Waals surface area contributed by atoms with Crippen LogP contribution in [0.3, 0.4) is 0 Å². The van der Waals surface area contributed by atoms with E-state index in [-0.39, 0.29) is 12.2 Å². The van der Waals surface area contributed by atoms with Crippen molar-refractivity contribution in [1.82, 2.24) is 14.8 Å². The maximum atomic E-state index is 13.3. The molecule has 0 unspecified atom stereocenters. The predicted molar refractivity (Wildman–Crippen MR) is 61.2 cm³/mol. The van der Waals surface area contributed by atoms with Crippen LogP contribution in [0.2, 0.25) is 0 Å². The van der Waals surface area contributed by atoms with Gasteiger partial charge in [0, 0.05) is 13.1 Å². The van der Waals surface area contributed by atoms with Crippen LogP contribution in [0.5, 0.6) is 5.75 Å². The molecule has 0 atom stereocenters. The number of nitriles is 1. The SMILES string of the molecule is Cc1nnc(COc2ccc(C#N)c(F)c2)n1C. The van der Waals surface area contributed by atoms with E-state index in [1.807, 2.05) is 14.0 Å². The average molecular weight is 246 g/mol. The van der Waals surface area contributed by atoms with Crippen LogP contribution in [0.15, 0.2) is 18.2 Å². The van der Waals surface area contributed by atoms with Crippen molar-refractivity contribution in [3.63, 3.8) is 0 Å². The molecule has 2 aromatic rings. The number of hydrogen-bond donors (Lipinski definition) is 0. The van der Waals surface area contributed by atoms with Crippen LogP contribution in [0.4, 0.5) is 4.39 Å². The number of benzene rings is 1. The maximum Gasteiger partial charge on any atom is 0.170 e. The molecule has 0 aliphatic rings. The summed E-state index contributed by atoms with van der Waals surface area (Å²) >= 11 is 0. The lowest BCUT2D eigenvalue weighted by Gasteiger charge is -2.06. The molecule has 92 valence electrons. The summed E-state index contributed by atoms with van der Waals surface area (Å²) in [4.78, 5) is 0. The first-order valence-electron chi connectivity index (χ1n) is 5.29. The Morgan fingerprint density at radius 1 is 1.44 bits per heavy atom. The first-order chi connectivity index (χ1) is 8.61. The highest BCUT2D eigenvalue weighted by atomic mass is 19.1. The van der Waals surface area contributed by atoms with Gasteiger partial charge in [0.15, 0.2) is 5.82 Å². The third kappa shape index (κ3) is 2.30. The minimum absolute atomic E-state index is 0.00291. The van der Waals surface area contributed by atoms with Gasteiger partial charge in [-0.3, -0.25) is 0 Å². The summed E-state index contributed by atoms with van der Waals surface area (Å²) < 4.78 is 20.5. The summed E-state index contributed by atoms with van der Waals surface area (Å²) in [7, 11) is 1.83. The molecule has 0 fully saturated rings. The molecule has 0 radical (unpaired) electrons. The second kappa shape index (κ2) is 4.84. The highest BCUT2D eigenvalue weighted by molar-refractivity contribution is 5.36. The van der Waals surface area contributed by atoms with Gasteiger partial charge in [-0.25, -0.2) is 4.39 Å². The standard InChI is InChI=1S/C12H11FN4O/c1-8-15-16-12(17(8)2)7-18-10-4-3-9(6-14)11(13)5-10/h3-5H,7H2,1-2H3. The van der Waals surface area contributed by atoms with Crippen LogP contribution >= 0.6 is 0 Å². The number of rotatable bonds is 3. The number of aryl methyl sites for hydroxylation is 1. The minimum atomic E-state index is -0.593. The van der Waals surface area contributed by atoms with E-state index >= 15 is 0 Å². The Kier molecular flexibility index (Phi) is 3.24. The Labute approximate surface area is 103 Å². The Bertz CT molecular complexity index is 615. The van der Waals surface area contributed by atoms with E-state index in [0.29, 0.717) is 11.6 Å². The predicted octanol–water partition coefficient (Wildman–Crippen LogP) is 1.71. The van der Waals surface area contributed by atoms with Crippen molar-refractivity contribution in [3.8, 4) is 11.8 Å². The van der Waals surface area contributed by atoms with Crippen molar-refractivity contribution in [1.29, 1.82) is 5.26 Å². The van der Waals surface area contributed by atoms with Crippen molar-refractivity contribution in [2.75, 3.05) is 0 Å². The molecule has 0 aliphatic carbocycles. The van der Waals surface area contributed by atoms with Crippen molar-refractivity contribution in [2.24, 2.45) is 7.05 Å². The van der Waals surface area contributed by atoms with E-state index < -0.39 is 5.82 Å². The summed E-state index contributed by atoms with van der Waals surface area (Å²) in [5.41, 5.74) is -0.00291. The normalized spacial score (nSPS) is 10.1. The van der Waals surface area contributed by atoms with Gasteiger partial charge in [0.2, 0.25) is 0 Å². The molecule has 1 heterocycles. The number of nitrogens with zero attached hydrogens (tertiary/aromatic N) is 4. The van der Waals surface area contributed by atoms with Crippen molar-refractivity contribution in [2.45, 2.75) is 13.5 Å². The second-order valence-corrected chi connectivity index (χ2v) is 3.76. The fourth-order valence-corrected chi connectivity index (χ4v) is 1.40. The van der Waals surface area contributed by atoms with E-state index in [9.17, 15) is 4.39 Å². The Morgan fingerprint density at radius 3 is 2.78 bits per heavy atom. The number of halogens is 1. The monoisotopic (exact) mass is 246 g/mol. The maximum absolute atomic E-state index is 13.3. The molecule has 18 heavy (non-hydrogen) atoms. The largest absolute Gasteiger partial charge is 0.485 e. The lowest BCUT2D eigenvalue weighted by molar-refractivity contribution is 0.289. The molecule has 1 aromatic heterocycles. The molecule has 0 bridgehead atoms. The lowest BCUT2D eigenvalue weighted by Crippen LogP contribution is -2.04. The Morgan fingerprint density at radius 2 is 2.22 bits per heavy atom. The average Bonchev–Trinajstić information content (AvgIpc) is 2.68. The number of aromatic nitrogens is 3. The first kappa shape index (κ1) is 12.0. The van der Waals surface area contributed by atoms with Crippen molar-refractivity contribution in [3.05, 3.63) is 41.2 Å². The van der Waals surface area contributed by atoms with E-state index in [4.69, 9.17) is 10.00 Å². The fraction of sp³-hybridized carbons (Fsp3) is 0.250. The smallest absolute Gasteiger partial charge is 0.170 e. The summed E-state index contributed by atoms with van der Waals surface area (Å²) in [6, 6.07) is 5.86. The van der Waals surface area contributed by atoms with Gasteiger partial charge in [-0.15, -0.1) is 10.2 Å². The summed E-state index contributed by atoms with van der Waals surface area (Å²) in [5, 5.41) is 16.4. The third-order valence-corrected chi connectivity index (χ3v) is 2.61. The minimum Gasteiger partial charge on any atom is -0.485 e. The number of hydrogen-bond acceptors (Lipinski definition) is 4. The highest BCUT2D eigenvalue weighted by Gasteiger charge is 2.07. The molecule has 2 rings (SSSR count). The van der Waals surface area contributed by atoms with Gasteiger partial charge in [-0.05, 0) is 19.1 Å². The van der Waals surface area contributed by atoms with Crippen LogP contribution in [0, 0.1) is 24.1 Å². The quantitative estimate of drug-likeness (QED) is 0.827. The molecule has 0 N–H and O–H groups in total. The van der Waals surface area contributed by atoms with Gasteiger partial charge < -0.3 is 9.30 Å². The highest BCUT2D eigenvalue weighted by Crippen LogP contribution is 2.17. The molecule has 6 heteroatoms. The van der Waals surface area contributed by atoms with Crippen LogP contribution < -0.4 is 4.74 Å². The zero-order chi connectivity index (χ0) is 13.1. The van der Waals surface area contributed by atoms with Gasteiger partial charge in [0.25, 0.3) is 0 Å². The van der Waals surface area contributed by atoms with Crippen LogP contribution in [-0.4, -0.2) is 14.8 Å².